The maximum Gasteiger partial charge on any atom is 0.387 e. The summed E-state index contributed by atoms with van der Waals surface area (Å²) < 4.78 is 40.6. The lowest BCUT2D eigenvalue weighted by Gasteiger charge is -2.22. The molecule has 0 aliphatic carbocycles. The number of hydrogen-bond acceptors (Lipinski definition) is 6. The molecular formula is C19H19Cl2F2N2O4S+. The minimum Gasteiger partial charge on any atom is -0.493 e. The van der Waals surface area contributed by atoms with Crippen LogP contribution in [0.25, 0.3) is 0 Å². The molecule has 1 aliphatic heterocycles. The topological polar surface area (TPSA) is 70.9 Å². The first-order valence-electron chi connectivity index (χ1n) is 8.91. The van der Waals surface area contributed by atoms with E-state index < -0.39 is 24.1 Å². The van der Waals surface area contributed by atoms with E-state index in [-0.39, 0.29) is 17.9 Å². The molecule has 1 aromatic heterocycles. The summed E-state index contributed by atoms with van der Waals surface area (Å²) in [4.78, 5) is 15.4. The Balaban J connectivity index is 1.92. The molecule has 30 heavy (non-hydrogen) atoms. The van der Waals surface area contributed by atoms with Crippen molar-refractivity contribution in [1.29, 1.82) is 0 Å². The van der Waals surface area contributed by atoms with Gasteiger partial charge in [0.05, 0.1) is 7.11 Å². The summed E-state index contributed by atoms with van der Waals surface area (Å²) in [5.41, 5.74) is 1.10. The van der Waals surface area contributed by atoms with E-state index in [1.54, 1.807) is 12.4 Å². The number of benzene rings is 1. The molecule has 0 bridgehead atoms. The third-order valence-electron chi connectivity index (χ3n) is 4.35. The molecule has 0 radical (unpaired) electrons. The molecule has 0 spiro atoms. The summed E-state index contributed by atoms with van der Waals surface area (Å²) in [6.07, 6.45) is 2.52. The summed E-state index contributed by atoms with van der Waals surface area (Å²) in [5.74, 6) is 0.314. The van der Waals surface area contributed by atoms with Crippen molar-refractivity contribution < 1.29 is 32.8 Å². The van der Waals surface area contributed by atoms with Gasteiger partial charge in [0.25, 0.3) is 0 Å². The van der Waals surface area contributed by atoms with Gasteiger partial charge in [0.1, 0.15) is 16.1 Å². The van der Waals surface area contributed by atoms with Crippen LogP contribution in [0.15, 0.2) is 30.6 Å². The molecule has 1 aliphatic rings. The standard InChI is InChI=1S/C19H18Cl2F2N2O4S/c1-27-16-6-10(2-3-14(16)29-19(22)23)15(28-18(26)17-25-4-5-30-17)7-11-12(20)8-24-9-13(11)21/h2-3,6,8-9,15,17,19,25H,4-5,7H2,1H3/p+1/t15-,17-/m0/s1. The van der Waals surface area contributed by atoms with Crippen LogP contribution >= 0.6 is 35.0 Å². The van der Waals surface area contributed by atoms with Gasteiger partial charge in [0, 0.05) is 24.3 Å². The number of ether oxygens (including phenoxy) is 3. The van der Waals surface area contributed by atoms with Gasteiger partial charge in [-0.3, -0.25) is 5.32 Å². The highest BCUT2D eigenvalue weighted by Gasteiger charge is 2.29. The van der Waals surface area contributed by atoms with Crippen molar-refractivity contribution in [1.82, 2.24) is 5.32 Å². The lowest BCUT2D eigenvalue weighted by Crippen LogP contribution is -2.32. The smallest absolute Gasteiger partial charge is 0.387 e. The number of hydrogen-bond donors (Lipinski definition) is 1. The summed E-state index contributed by atoms with van der Waals surface area (Å²) in [7, 11) is 1.33. The number of aromatic amines is 1. The fraction of sp³-hybridized carbons (Fsp3) is 0.368. The predicted molar refractivity (Wildman–Crippen MR) is 109 cm³/mol. The summed E-state index contributed by atoms with van der Waals surface area (Å²) in [5, 5.41) is 3.33. The molecule has 2 atom stereocenters. The molecule has 6 nitrogen and oxygen atoms in total. The lowest BCUT2D eigenvalue weighted by atomic mass is 10.0. The largest absolute Gasteiger partial charge is 0.493 e. The fourth-order valence-corrected chi connectivity index (χ4v) is 4.37. The molecule has 3 rings (SSSR count). The first-order chi connectivity index (χ1) is 14.4. The summed E-state index contributed by atoms with van der Waals surface area (Å²) >= 11 is 14.0. The van der Waals surface area contributed by atoms with Crippen LogP contribution in [0, 0.1) is 0 Å². The average Bonchev–Trinajstić information content (AvgIpc) is 3.25. The highest BCUT2D eigenvalue weighted by molar-refractivity contribution is 8.00. The molecule has 162 valence electrons. The number of esters is 1. The first-order valence-corrected chi connectivity index (χ1v) is 10.7. The Bertz CT molecular complexity index is 881. The predicted octanol–water partition coefficient (Wildman–Crippen LogP) is 3.91. The van der Waals surface area contributed by atoms with Crippen molar-refractivity contribution in [2.45, 2.75) is 24.5 Å². The third-order valence-corrected chi connectivity index (χ3v) is 6.16. The van der Waals surface area contributed by atoms with E-state index in [0.717, 1.165) is 5.75 Å². The van der Waals surface area contributed by atoms with E-state index in [9.17, 15) is 13.6 Å². The number of thioether (sulfide) groups is 1. The number of alkyl halides is 2. The highest BCUT2D eigenvalue weighted by atomic mass is 35.5. The van der Waals surface area contributed by atoms with Gasteiger partial charge in [-0.15, -0.1) is 11.8 Å². The van der Waals surface area contributed by atoms with Crippen LogP contribution in [-0.2, 0) is 16.0 Å². The number of halogens is 4. The Morgan fingerprint density at radius 3 is 2.63 bits per heavy atom. The second-order valence-corrected chi connectivity index (χ2v) is 8.28. The zero-order valence-electron chi connectivity index (χ0n) is 15.8. The third kappa shape index (κ3) is 5.66. The van der Waals surface area contributed by atoms with Gasteiger partial charge in [-0.25, -0.2) is 9.78 Å². The molecule has 0 amide bonds. The lowest BCUT2D eigenvalue weighted by molar-refractivity contribution is -0.377. The van der Waals surface area contributed by atoms with Gasteiger partial charge in [0.15, 0.2) is 29.3 Å². The van der Waals surface area contributed by atoms with E-state index >= 15 is 0 Å². The number of methoxy groups -OCH3 is 1. The number of aromatic nitrogens is 1. The minimum absolute atomic E-state index is 0.0841. The minimum atomic E-state index is -3.00. The van der Waals surface area contributed by atoms with Crippen molar-refractivity contribution >= 4 is 40.9 Å². The zero-order chi connectivity index (χ0) is 21.7. The van der Waals surface area contributed by atoms with Crippen molar-refractivity contribution in [2.24, 2.45) is 0 Å². The van der Waals surface area contributed by atoms with Crippen LogP contribution in [0.5, 0.6) is 11.5 Å². The van der Waals surface area contributed by atoms with Gasteiger partial charge in [0.2, 0.25) is 0 Å². The molecule has 1 aromatic carbocycles. The van der Waals surface area contributed by atoms with E-state index in [4.69, 9.17) is 32.7 Å². The zero-order valence-corrected chi connectivity index (χ0v) is 18.1. The number of rotatable bonds is 8. The molecule has 1 fully saturated rings. The van der Waals surface area contributed by atoms with Crippen LogP contribution < -0.4 is 19.8 Å². The number of carbonyl (C=O) groups is 1. The van der Waals surface area contributed by atoms with E-state index in [1.165, 1.54) is 37.1 Å². The maximum atomic E-state index is 12.6. The van der Waals surface area contributed by atoms with Crippen LogP contribution in [-0.4, -0.2) is 37.4 Å². The number of nitrogens with one attached hydrogen (secondary N) is 2. The molecule has 0 saturated carbocycles. The van der Waals surface area contributed by atoms with E-state index in [2.05, 4.69) is 15.0 Å². The first kappa shape index (κ1) is 22.9. The highest BCUT2D eigenvalue weighted by Crippen LogP contribution is 2.36. The van der Waals surface area contributed by atoms with Gasteiger partial charge in [-0.2, -0.15) is 8.78 Å². The Morgan fingerprint density at radius 2 is 2.03 bits per heavy atom. The van der Waals surface area contributed by atoms with Gasteiger partial charge >= 0.3 is 12.6 Å². The van der Waals surface area contributed by atoms with Gasteiger partial charge in [-0.05, 0) is 17.7 Å². The van der Waals surface area contributed by atoms with Crippen molar-refractivity contribution in [3.63, 3.8) is 0 Å². The Hall–Kier alpha value is -1.81. The summed E-state index contributed by atoms with van der Waals surface area (Å²) in [6.45, 7) is -2.29. The van der Waals surface area contributed by atoms with Crippen molar-refractivity contribution in [2.75, 3.05) is 19.4 Å². The molecule has 0 unspecified atom stereocenters. The molecule has 11 heteroatoms. The van der Waals surface area contributed by atoms with Gasteiger partial charge < -0.3 is 14.2 Å². The van der Waals surface area contributed by atoms with Crippen LogP contribution in [0.1, 0.15) is 17.2 Å². The fourth-order valence-electron chi connectivity index (χ4n) is 2.94. The van der Waals surface area contributed by atoms with E-state index in [1.807, 2.05) is 0 Å². The van der Waals surface area contributed by atoms with Crippen LogP contribution in [0.3, 0.4) is 0 Å². The molecule has 2 aromatic rings. The second kappa shape index (κ2) is 10.5. The van der Waals surface area contributed by atoms with Gasteiger partial charge in [-0.1, -0.05) is 29.3 Å². The maximum absolute atomic E-state index is 12.6. The number of carbonyl (C=O) groups excluding carboxylic acids is 1. The SMILES string of the molecule is COc1cc([C@H](Cc2c(Cl)c[nH+]cc2Cl)OC(=O)[C@H]2NCCS2)ccc1OC(F)F. The number of pyridine rings is 1. The molecule has 2 N–H and O–H groups in total. The second-order valence-electron chi connectivity index (χ2n) is 6.25. The van der Waals surface area contributed by atoms with Crippen molar-refractivity contribution in [3.8, 4) is 11.5 Å². The molecular weight excluding hydrogens is 461 g/mol. The average molecular weight is 480 g/mol. The van der Waals surface area contributed by atoms with Crippen LogP contribution in [0.4, 0.5) is 8.78 Å². The van der Waals surface area contributed by atoms with E-state index in [0.29, 0.717) is 27.7 Å². The summed E-state index contributed by atoms with van der Waals surface area (Å²) in [6, 6.07) is 4.36. The normalized spacial score (nSPS) is 17.1. The Morgan fingerprint density at radius 1 is 1.30 bits per heavy atom. The van der Waals surface area contributed by atoms with Crippen LogP contribution in [0.2, 0.25) is 10.0 Å². The number of H-pyrrole nitrogens is 1. The molecule has 2 heterocycles. The monoisotopic (exact) mass is 479 g/mol. The van der Waals surface area contributed by atoms with Crippen molar-refractivity contribution in [3.05, 3.63) is 51.8 Å². The molecule has 1 saturated heterocycles. The Labute approximate surface area is 186 Å². The quantitative estimate of drug-likeness (QED) is 0.578. The Kier molecular flexibility index (Phi) is 7.99.